The van der Waals surface area contributed by atoms with Crippen LogP contribution in [-0.2, 0) is 5.41 Å². The summed E-state index contributed by atoms with van der Waals surface area (Å²) in [6, 6.07) is 26.9. The van der Waals surface area contributed by atoms with Gasteiger partial charge in [0.1, 0.15) is 0 Å². The van der Waals surface area contributed by atoms with Crippen molar-refractivity contribution in [3.8, 4) is 0 Å². The first-order chi connectivity index (χ1) is 15.9. The van der Waals surface area contributed by atoms with Crippen LogP contribution in [0.5, 0.6) is 0 Å². The zero-order chi connectivity index (χ0) is 25.0. The van der Waals surface area contributed by atoms with Gasteiger partial charge in [-0.05, 0) is 78.6 Å². The zero-order valence-electron chi connectivity index (χ0n) is 22.9. The van der Waals surface area contributed by atoms with Crippen molar-refractivity contribution in [1.29, 1.82) is 0 Å². The standard InChI is InChI=1S/C28H35N.2C2H6/c1-7-22(4)23-11-17-26(18-12-23)29(25-15-9-21(3)10-16-25)27-19-13-24(14-20-27)28(5,6)8-2;2*1-2/h9-20,22H,7-8H2,1-6H3;2*1-2H3. The molecule has 180 valence electrons. The molecular weight excluding hydrogens is 398 g/mol. The Morgan fingerprint density at radius 1 is 0.667 bits per heavy atom. The van der Waals surface area contributed by atoms with Crippen molar-refractivity contribution < 1.29 is 0 Å². The van der Waals surface area contributed by atoms with Gasteiger partial charge in [0, 0.05) is 17.1 Å². The molecular formula is C32H47N. The van der Waals surface area contributed by atoms with Gasteiger partial charge in [0.15, 0.2) is 0 Å². The largest absolute Gasteiger partial charge is 0.311 e. The van der Waals surface area contributed by atoms with Crippen molar-refractivity contribution in [3.05, 3.63) is 89.5 Å². The summed E-state index contributed by atoms with van der Waals surface area (Å²) in [6.45, 7) is 21.6. The molecule has 0 radical (unpaired) electrons. The van der Waals surface area contributed by atoms with Crippen LogP contribution in [0.3, 0.4) is 0 Å². The number of hydrogen-bond donors (Lipinski definition) is 0. The van der Waals surface area contributed by atoms with Crippen molar-refractivity contribution in [1.82, 2.24) is 0 Å². The molecule has 1 nitrogen and oxygen atoms in total. The predicted molar refractivity (Wildman–Crippen MR) is 151 cm³/mol. The highest BCUT2D eigenvalue weighted by Crippen LogP contribution is 2.37. The number of anilines is 3. The molecule has 1 heteroatoms. The van der Waals surface area contributed by atoms with Crippen LogP contribution in [0.15, 0.2) is 72.8 Å². The maximum Gasteiger partial charge on any atom is 0.0461 e. The minimum absolute atomic E-state index is 0.200. The second kappa shape index (κ2) is 13.9. The number of hydrogen-bond acceptors (Lipinski definition) is 1. The van der Waals surface area contributed by atoms with Crippen LogP contribution >= 0.6 is 0 Å². The third kappa shape index (κ3) is 7.49. The molecule has 0 heterocycles. The fraction of sp³-hybridized carbons (Fsp3) is 0.438. The van der Waals surface area contributed by atoms with Gasteiger partial charge in [0.2, 0.25) is 0 Å². The van der Waals surface area contributed by atoms with Crippen LogP contribution < -0.4 is 4.90 Å². The van der Waals surface area contributed by atoms with Gasteiger partial charge in [-0.1, -0.05) is 104 Å². The average molecular weight is 446 g/mol. The van der Waals surface area contributed by atoms with E-state index in [4.69, 9.17) is 0 Å². The molecule has 3 rings (SSSR count). The predicted octanol–water partition coefficient (Wildman–Crippen LogP) is 10.7. The van der Waals surface area contributed by atoms with E-state index in [2.05, 4.69) is 119 Å². The smallest absolute Gasteiger partial charge is 0.0461 e. The normalized spacial score (nSPS) is 11.5. The molecule has 3 aromatic carbocycles. The molecule has 0 fully saturated rings. The van der Waals surface area contributed by atoms with Gasteiger partial charge in [0.05, 0.1) is 0 Å². The lowest BCUT2D eigenvalue weighted by Crippen LogP contribution is -2.16. The summed E-state index contributed by atoms with van der Waals surface area (Å²) in [4.78, 5) is 2.35. The van der Waals surface area contributed by atoms with Gasteiger partial charge < -0.3 is 4.90 Å². The van der Waals surface area contributed by atoms with E-state index >= 15 is 0 Å². The first kappa shape index (κ1) is 28.5. The average Bonchev–Trinajstić information content (AvgIpc) is 2.88. The van der Waals surface area contributed by atoms with Gasteiger partial charge in [-0.25, -0.2) is 0 Å². The molecule has 0 spiro atoms. The topological polar surface area (TPSA) is 3.24 Å². The Bertz CT molecular complexity index is 902. The monoisotopic (exact) mass is 445 g/mol. The van der Waals surface area contributed by atoms with E-state index in [1.807, 2.05) is 27.7 Å². The quantitative estimate of drug-likeness (QED) is 0.349. The van der Waals surface area contributed by atoms with E-state index in [-0.39, 0.29) is 5.41 Å². The van der Waals surface area contributed by atoms with Gasteiger partial charge in [-0.2, -0.15) is 0 Å². The minimum atomic E-state index is 0.200. The Labute approximate surface area is 204 Å². The molecule has 0 saturated heterocycles. The van der Waals surface area contributed by atoms with Crippen LogP contribution in [0.1, 0.15) is 97.8 Å². The first-order valence-electron chi connectivity index (χ1n) is 12.9. The van der Waals surface area contributed by atoms with Crippen LogP contribution in [0.2, 0.25) is 0 Å². The van der Waals surface area contributed by atoms with E-state index in [0.717, 1.165) is 12.8 Å². The first-order valence-corrected chi connectivity index (χ1v) is 12.9. The summed E-state index contributed by atoms with van der Waals surface area (Å²) in [7, 11) is 0. The van der Waals surface area contributed by atoms with Crippen molar-refractivity contribution >= 4 is 17.1 Å². The number of nitrogens with zero attached hydrogens (tertiary/aromatic N) is 1. The lowest BCUT2D eigenvalue weighted by atomic mass is 9.82. The maximum atomic E-state index is 2.35. The van der Waals surface area contributed by atoms with Crippen LogP contribution in [-0.4, -0.2) is 0 Å². The molecule has 33 heavy (non-hydrogen) atoms. The van der Waals surface area contributed by atoms with E-state index in [1.165, 1.54) is 33.8 Å². The molecule has 0 aromatic heterocycles. The number of rotatable bonds is 7. The molecule has 0 aliphatic heterocycles. The second-order valence-corrected chi connectivity index (χ2v) is 8.86. The van der Waals surface area contributed by atoms with E-state index in [0.29, 0.717) is 5.92 Å². The highest BCUT2D eigenvalue weighted by atomic mass is 15.1. The van der Waals surface area contributed by atoms with Crippen LogP contribution in [0.25, 0.3) is 0 Å². The molecule has 0 aliphatic rings. The third-order valence-electron chi connectivity index (χ3n) is 6.42. The van der Waals surface area contributed by atoms with Gasteiger partial charge >= 0.3 is 0 Å². The van der Waals surface area contributed by atoms with E-state index in [9.17, 15) is 0 Å². The fourth-order valence-corrected chi connectivity index (χ4v) is 3.59. The van der Waals surface area contributed by atoms with Gasteiger partial charge in [-0.15, -0.1) is 0 Å². The fourth-order valence-electron chi connectivity index (χ4n) is 3.59. The van der Waals surface area contributed by atoms with Crippen molar-refractivity contribution in [3.63, 3.8) is 0 Å². The van der Waals surface area contributed by atoms with E-state index < -0.39 is 0 Å². The molecule has 0 N–H and O–H groups in total. The molecule has 0 amide bonds. The summed E-state index contributed by atoms with van der Waals surface area (Å²) in [5, 5.41) is 0. The summed E-state index contributed by atoms with van der Waals surface area (Å²) in [6.07, 6.45) is 2.29. The lowest BCUT2D eigenvalue weighted by Gasteiger charge is -2.28. The highest BCUT2D eigenvalue weighted by Gasteiger charge is 2.19. The Hall–Kier alpha value is -2.54. The van der Waals surface area contributed by atoms with Gasteiger partial charge in [-0.3, -0.25) is 0 Å². The van der Waals surface area contributed by atoms with E-state index in [1.54, 1.807) is 0 Å². The van der Waals surface area contributed by atoms with Crippen LogP contribution in [0.4, 0.5) is 17.1 Å². The molecule has 0 aliphatic carbocycles. The lowest BCUT2D eigenvalue weighted by molar-refractivity contribution is 0.506. The van der Waals surface area contributed by atoms with Crippen molar-refractivity contribution in [2.75, 3.05) is 4.90 Å². The summed E-state index contributed by atoms with van der Waals surface area (Å²) in [5.74, 6) is 0.590. The molecule has 0 bridgehead atoms. The summed E-state index contributed by atoms with van der Waals surface area (Å²) in [5.41, 5.74) is 7.85. The second-order valence-electron chi connectivity index (χ2n) is 8.86. The highest BCUT2D eigenvalue weighted by molar-refractivity contribution is 5.76. The Balaban J connectivity index is 0.00000129. The SMILES string of the molecule is CC.CC.CCC(C)c1ccc(N(c2ccc(C)cc2)c2ccc(C(C)(C)CC)cc2)cc1. The van der Waals surface area contributed by atoms with Crippen molar-refractivity contribution in [2.24, 2.45) is 0 Å². The zero-order valence-corrected chi connectivity index (χ0v) is 22.9. The number of benzene rings is 3. The minimum Gasteiger partial charge on any atom is -0.311 e. The summed E-state index contributed by atoms with van der Waals surface area (Å²) < 4.78 is 0. The maximum absolute atomic E-state index is 2.35. The molecule has 1 atom stereocenters. The molecule has 0 saturated carbocycles. The van der Waals surface area contributed by atoms with Crippen molar-refractivity contribution in [2.45, 2.75) is 93.4 Å². The summed E-state index contributed by atoms with van der Waals surface area (Å²) >= 11 is 0. The molecule has 1 unspecified atom stereocenters. The Morgan fingerprint density at radius 2 is 1.06 bits per heavy atom. The van der Waals surface area contributed by atoms with Crippen LogP contribution in [0, 0.1) is 6.92 Å². The Kier molecular flexibility index (Phi) is 12.0. The molecule has 3 aromatic rings. The number of aryl methyl sites for hydroxylation is 1. The third-order valence-corrected chi connectivity index (χ3v) is 6.42. The van der Waals surface area contributed by atoms with Gasteiger partial charge in [0.25, 0.3) is 0 Å². The Morgan fingerprint density at radius 3 is 1.45 bits per heavy atom.